The van der Waals surface area contributed by atoms with Gasteiger partial charge in [-0.3, -0.25) is 9.48 Å². The average Bonchev–Trinajstić information content (AvgIpc) is 3.30. The monoisotopic (exact) mass is 619 g/mol. The standard InChI is InChI=1S/C25H25ClF3N3O6S2/c1-3-38-24(33)15-32-23-6-4-5-22(21(23)14-30-32)31(2)40(36,37)20-12-16(25(27,28)29)11-19(13-20)39(34,35)18-9-7-17(26)8-10-18/h7-14,22H,3-6,15H2,1-2H3/t22-/m1/s1. The minimum Gasteiger partial charge on any atom is -0.465 e. The summed E-state index contributed by atoms with van der Waals surface area (Å²) in [6.07, 6.45) is -2.24. The van der Waals surface area contributed by atoms with Crippen LogP contribution in [0.1, 0.15) is 42.6 Å². The predicted molar refractivity (Wildman–Crippen MR) is 138 cm³/mol. The van der Waals surface area contributed by atoms with Gasteiger partial charge in [0.15, 0.2) is 0 Å². The number of halogens is 4. The molecule has 2 aromatic carbocycles. The fraction of sp³-hybridized carbons (Fsp3) is 0.360. The van der Waals surface area contributed by atoms with Gasteiger partial charge in [0.2, 0.25) is 19.9 Å². The molecule has 0 saturated heterocycles. The first kappa shape index (κ1) is 30.0. The minimum absolute atomic E-state index is 0.175. The summed E-state index contributed by atoms with van der Waals surface area (Å²) in [5.41, 5.74) is -0.315. The number of benzene rings is 2. The first-order valence-corrected chi connectivity index (χ1v) is 15.4. The zero-order valence-electron chi connectivity index (χ0n) is 21.4. The Labute approximate surface area is 234 Å². The summed E-state index contributed by atoms with van der Waals surface area (Å²) >= 11 is 5.81. The number of carbonyl (C=O) groups is 1. The molecule has 40 heavy (non-hydrogen) atoms. The number of esters is 1. The van der Waals surface area contributed by atoms with Crippen LogP contribution < -0.4 is 0 Å². The highest BCUT2D eigenvalue weighted by Gasteiger charge is 2.38. The lowest BCUT2D eigenvalue weighted by atomic mass is 9.93. The van der Waals surface area contributed by atoms with Crippen LogP contribution in [-0.2, 0) is 48.5 Å². The summed E-state index contributed by atoms with van der Waals surface area (Å²) in [5.74, 6) is -0.519. The molecule has 0 N–H and O–H groups in total. The highest BCUT2D eigenvalue weighted by atomic mass is 35.5. The van der Waals surface area contributed by atoms with Gasteiger partial charge in [-0.15, -0.1) is 0 Å². The molecule has 0 spiro atoms. The van der Waals surface area contributed by atoms with Gasteiger partial charge in [0.05, 0.1) is 39.1 Å². The lowest BCUT2D eigenvalue weighted by molar-refractivity contribution is -0.144. The van der Waals surface area contributed by atoms with E-state index in [4.69, 9.17) is 16.3 Å². The molecule has 0 saturated carbocycles. The van der Waals surface area contributed by atoms with Gasteiger partial charge in [-0.1, -0.05) is 11.6 Å². The molecule has 1 aromatic heterocycles. The topological polar surface area (TPSA) is 116 Å². The van der Waals surface area contributed by atoms with Crippen molar-refractivity contribution in [3.63, 3.8) is 0 Å². The number of hydrogen-bond donors (Lipinski definition) is 0. The van der Waals surface area contributed by atoms with Gasteiger partial charge >= 0.3 is 12.1 Å². The number of alkyl halides is 3. The predicted octanol–water partition coefficient (Wildman–Crippen LogP) is 4.65. The van der Waals surface area contributed by atoms with E-state index >= 15 is 0 Å². The molecule has 1 atom stereocenters. The Morgan fingerprint density at radius 3 is 2.38 bits per heavy atom. The summed E-state index contributed by atoms with van der Waals surface area (Å²) < 4.78 is 103. The first-order chi connectivity index (χ1) is 18.7. The average molecular weight is 620 g/mol. The molecule has 4 rings (SSSR count). The van der Waals surface area contributed by atoms with E-state index in [-0.39, 0.29) is 23.1 Å². The van der Waals surface area contributed by atoms with E-state index in [2.05, 4.69) is 5.10 Å². The number of fused-ring (bicyclic) bond motifs is 1. The SMILES string of the molecule is CCOC(=O)Cn1ncc2c1CCC[C@H]2N(C)S(=O)(=O)c1cc(C(F)(F)F)cc(S(=O)(=O)c2ccc(Cl)cc2)c1. The Bertz CT molecular complexity index is 1640. The molecule has 216 valence electrons. The Morgan fingerprint density at radius 2 is 1.75 bits per heavy atom. The third-order valence-corrected chi connectivity index (χ3v) is 10.4. The first-order valence-electron chi connectivity index (χ1n) is 12.1. The minimum atomic E-state index is -5.03. The molecule has 15 heteroatoms. The molecule has 0 bridgehead atoms. The van der Waals surface area contributed by atoms with Gasteiger partial charge in [0.1, 0.15) is 6.54 Å². The van der Waals surface area contributed by atoms with Crippen LogP contribution in [0.5, 0.6) is 0 Å². The van der Waals surface area contributed by atoms with Crippen LogP contribution >= 0.6 is 11.6 Å². The number of hydrogen-bond acceptors (Lipinski definition) is 7. The number of sulfonamides is 1. The largest absolute Gasteiger partial charge is 0.465 e. The van der Waals surface area contributed by atoms with Gasteiger partial charge < -0.3 is 4.74 Å². The van der Waals surface area contributed by atoms with Crippen molar-refractivity contribution >= 4 is 37.4 Å². The van der Waals surface area contributed by atoms with Gasteiger partial charge in [-0.05, 0) is 68.7 Å². The van der Waals surface area contributed by atoms with Crippen molar-refractivity contribution in [1.82, 2.24) is 14.1 Å². The molecule has 0 amide bonds. The molecule has 9 nitrogen and oxygen atoms in total. The van der Waals surface area contributed by atoms with Gasteiger partial charge in [-0.2, -0.15) is 22.6 Å². The molecule has 1 heterocycles. The lowest BCUT2D eigenvalue weighted by Crippen LogP contribution is -2.34. The Morgan fingerprint density at radius 1 is 1.10 bits per heavy atom. The molecular formula is C25H25ClF3N3O6S2. The van der Waals surface area contributed by atoms with Gasteiger partial charge in [-0.25, -0.2) is 16.8 Å². The van der Waals surface area contributed by atoms with Crippen molar-refractivity contribution in [2.45, 2.75) is 59.6 Å². The normalized spacial score (nSPS) is 16.1. The van der Waals surface area contributed by atoms with E-state index in [0.29, 0.717) is 42.7 Å². The fourth-order valence-corrected chi connectivity index (χ4v) is 7.53. The number of nitrogens with zero attached hydrogens (tertiary/aromatic N) is 3. The van der Waals surface area contributed by atoms with Gasteiger partial charge in [0.25, 0.3) is 0 Å². The lowest BCUT2D eigenvalue weighted by Gasteiger charge is -2.31. The molecule has 0 unspecified atom stereocenters. The van der Waals surface area contributed by atoms with E-state index in [1.54, 1.807) is 6.92 Å². The van der Waals surface area contributed by atoms with Crippen molar-refractivity contribution in [2.75, 3.05) is 13.7 Å². The molecule has 0 fully saturated rings. The van der Waals surface area contributed by atoms with Crippen LogP contribution in [0.4, 0.5) is 13.2 Å². The number of ether oxygens (including phenoxy) is 1. The molecule has 0 radical (unpaired) electrons. The summed E-state index contributed by atoms with van der Waals surface area (Å²) in [6, 6.07) is 5.49. The maximum absolute atomic E-state index is 13.8. The van der Waals surface area contributed by atoms with Crippen LogP contribution in [0, 0.1) is 0 Å². The summed E-state index contributed by atoms with van der Waals surface area (Å²) in [7, 11) is -7.96. The Balaban J connectivity index is 1.76. The van der Waals surface area contributed by atoms with E-state index in [1.165, 1.54) is 30.1 Å². The number of aromatic nitrogens is 2. The van der Waals surface area contributed by atoms with Crippen molar-refractivity contribution < 1.29 is 39.5 Å². The molecular weight excluding hydrogens is 595 g/mol. The Kier molecular flexibility index (Phi) is 8.37. The third-order valence-electron chi connectivity index (χ3n) is 6.57. The second kappa shape index (κ2) is 11.1. The number of rotatable bonds is 8. The second-order valence-electron chi connectivity index (χ2n) is 9.09. The summed E-state index contributed by atoms with van der Waals surface area (Å²) in [6.45, 7) is 1.66. The summed E-state index contributed by atoms with van der Waals surface area (Å²) in [5, 5.41) is 4.41. The zero-order valence-corrected chi connectivity index (χ0v) is 23.7. The van der Waals surface area contributed by atoms with Crippen molar-refractivity contribution in [3.8, 4) is 0 Å². The van der Waals surface area contributed by atoms with E-state index < -0.39 is 53.4 Å². The third kappa shape index (κ3) is 5.90. The van der Waals surface area contributed by atoms with Crippen LogP contribution in [0.3, 0.4) is 0 Å². The van der Waals surface area contributed by atoms with E-state index in [9.17, 15) is 34.8 Å². The van der Waals surface area contributed by atoms with E-state index in [1.807, 2.05) is 0 Å². The maximum atomic E-state index is 13.8. The van der Waals surface area contributed by atoms with Crippen molar-refractivity contribution in [2.24, 2.45) is 0 Å². The quantitative estimate of drug-likeness (QED) is 0.337. The molecule has 1 aliphatic rings. The van der Waals surface area contributed by atoms with E-state index in [0.717, 1.165) is 22.5 Å². The maximum Gasteiger partial charge on any atom is 0.416 e. The van der Waals surface area contributed by atoms with Crippen LogP contribution in [0.2, 0.25) is 5.02 Å². The fourth-order valence-electron chi connectivity index (χ4n) is 4.56. The molecule has 1 aliphatic carbocycles. The summed E-state index contributed by atoms with van der Waals surface area (Å²) in [4.78, 5) is 9.96. The highest BCUT2D eigenvalue weighted by molar-refractivity contribution is 7.91. The van der Waals surface area contributed by atoms with Crippen molar-refractivity contribution in [3.05, 3.63) is 70.5 Å². The smallest absolute Gasteiger partial charge is 0.416 e. The van der Waals surface area contributed by atoms with Crippen LogP contribution in [-0.4, -0.2) is 50.5 Å². The van der Waals surface area contributed by atoms with Crippen molar-refractivity contribution in [1.29, 1.82) is 0 Å². The molecule has 3 aromatic rings. The number of sulfone groups is 1. The second-order valence-corrected chi connectivity index (χ2v) is 13.5. The van der Waals surface area contributed by atoms with Crippen LogP contribution in [0.25, 0.3) is 0 Å². The highest BCUT2D eigenvalue weighted by Crippen LogP contribution is 2.39. The zero-order chi connectivity index (χ0) is 29.5. The molecule has 0 aliphatic heterocycles. The van der Waals surface area contributed by atoms with Gasteiger partial charge in [0, 0.05) is 23.3 Å². The van der Waals surface area contributed by atoms with Crippen LogP contribution in [0.15, 0.2) is 63.3 Å². The number of carbonyl (C=O) groups excluding carboxylic acids is 1. The Hall–Kier alpha value is -2.94.